The molecule has 0 aromatic heterocycles. The minimum atomic E-state index is -0.812. The van der Waals surface area contributed by atoms with Crippen LogP contribution in [0.5, 0.6) is 0 Å². The van der Waals surface area contributed by atoms with Crippen molar-refractivity contribution in [1.29, 1.82) is 0 Å². The van der Waals surface area contributed by atoms with Gasteiger partial charge in [0.15, 0.2) is 11.5 Å². The van der Waals surface area contributed by atoms with E-state index in [0.717, 1.165) is 18.6 Å². The summed E-state index contributed by atoms with van der Waals surface area (Å²) in [4.78, 5) is 22.1. The summed E-state index contributed by atoms with van der Waals surface area (Å²) in [7, 11) is 0. The highest BCUT2D eigenvalue weighted by molar-refractivity contribution is 5.97. The first-order valence-corrected chi connectivity index (χ1v) is 5.98. The standard InChI is InChI=1S/C12H14FN3O3/c1-7-5-6-14-10(7)12(17)15-11-8(13)3-2-4-9(11)16(18)19/h2-4,7,10,14H,5-6H2,1H3,(H,15,17). The average molecular weight is 267 g/mol. The van der Waals surface area contributed by atoms with Crippen LogP contribution < -0.4 is 10.6 Å². The lowest BCUT2D eigenvalue weighted by molar-refractivity contribution is -0.384. The molecule has 1 aromatic carbocycles. The number of nitrogens with one attached hydrogen (secondary N) is 2. The molecule has 1 saturated heterocycles. The van der Waals surface area contributed by atoms with E-state index in [-0.39, 0.29) is 11.6 Å². The van der Waals surface area contributed by atoms with Crippen LogP contribution in [0.1, 0.15) is 13.3 Å². The van der Waals surface area contributed by atoms with Gasteiger partial charge in [-0.3, -0.25) is 14.9 Å². The lowest BCUT2D eigenvalue weighted by Gasteiger charge is -2.15. The Hall–Kier alpha value is -2.02. The molecule has 0 radical (unpaired) electrons. The maximum atomic E-state index is 13.6. The number of nitro groups is 1. The molecule has 0 spiro atoms. The Kier molecular flexibility index (Phi) is 3.75. The number of benzene rings is 1. The zero-order valence-electron chi connectivity index (χ0n) is 10.4. The molecule has 19 heavy (non-hydrogen) atoms. The van der Waals surface area contributed by atoms with Crippen molar-refractivity contribution < 1.29 is 14.1 Å². The topological polar surface area (TPSA) is 84.3 Å². The fraction of sp³-hybridized carbons (Fsp3) is 0.417. The number of rotatable bonds is 3. The molecule has 7 heteroatoms. The first kappa shape index (κ1) is 13.4. The maximum absolute atomic E-state index is 13.6. The first-order chi connectivity index (χ1) is 9.00. The highest BCUT2D eigenvalue weighted by Gasteiger charge is 2.31. The Morgan fingerprint density at radius 1 is 1.58 bits per heavy atom. The molecular formula is C12H14FN3O3. The third-order valence-corrected chi connectivity index (χ3v) is 3.25. The van der Waals surface area contributed by atoms with Crippen molar-refractivity contribution in [3.8, 4) is 0 Å². The Bertz CT molecular complexity index is 521. The van der Waals surface area contributed by atoms with Crippen molar-refractivity contribution in [2.24, 2.45) is 5.92 Å². The van der Waals surface area contributed by atoms with Crippen LogP contribution in [0.15, 0.2) is 18.2 Å². The lowest BCUT2D eigenvalue weighted by Crippen LogP contribution is -2.39. The molecule has 1 fully saturated rings. The smallest absolute Gasteiger partial charge is 0.295 e. The molecule has 2 atom stereocenters. The third kappa shape index (κ3) is 2.70. The molecule has 1 aromatic rings. The average Bonchev–Trinajstić information content (AvgIpc) is 2.77. The lowest BCUT2D eigenvalue weighted by atomic mass is 10.0. The number of nitrogens with zero attached hydrogens (tertiary/aromatic N) is 1. The van der Waals surface area contributed by atoms with Crippen LogP contribution in [0.25, 0.3) is 0 Å². The number of carbonyl (C=O) groups excluding carboxylic acids is 1. The van der Waals surface area contributed by atoms with Gasteiger partial charge >= 0.3 is 0 Å². The fourth-order valence-electron chi connectivity index (χ4n) is 2.18. The van der Waals surface area contributed by atoms with E-state index < -0.39 is 28.4 Å². The number of amides is 1. The van der Waals surface area contributed by atoms with E-state index in [1.54, 1.807) is 0 Å². The molecule has 1 heterocycles. The van der Waals surface area contributed by atoms with E-state index in [1.807, 2.05) is 6.92 Å². The number of para-hydroxylation sites is 1. The monoisotopic (exact) mass is 267 g/mol. The van der Waals surface area contributed by atoms with Crippen LogP contribution in [-0.4, -0.2) is 23.4 Å². The van der Waals surface area contributed by atoms with E-state index in [9.17, 15) is 19.3 Å². The van der Waals surface area contributed by atoms with Crippen LogP contribution >= 0.6 is 0 Å². The maximum Gasteiger partial charge on any atom is 0.295 e. The summed E-state index contributed by atoms with van der Waals surface area (Å²) < 4.78 is 13.6. The predicted molar refractivity (Wildman–Crippen MR) is 67.3 cm³/mol. The Balaban J connectivity index is 2.23. The molecule has 102 valence electrons. The molecule has 0 saturated carbocycles. The molecule has 1 aliphatic rings. The highest BCUT2D eigenvalue weighted by atomic mass is 19.1. The van der Waals surface area contributed by atoms with Crippen molar-refractivity contribution in [2.75, 3.05) is 11.9 Å². The Morgan fingerprint density at radius 2 is 2.32 bits per heavy atom. The van der Waals surface area contributed by atoms with E-state index in [4.69, 9.17) is 0 Å². The quantitative estimate of drug-likeness (QED) is 0.644. The molecule has 2 rings (SSSR count). The summed E-state index contributed by atoms with van der Waals surface area (Å²) in [5.41, 5.74) is -0.822. The molecule has 0 aliphatic carbocycles. The van der Waals surface area contributed by atoms with Gasteiger partial charge in [-0.1, -0.05) is 13.0 Å². The summed E-state index contributed by atoms with van der Waals surface area (Å²) in [5, 5.41) is 16.1. The minimum Gasteiger partial charge on any atom is -0.317 e. The van der Waals surface area contributed by atoms with Crippen molar-refractivity contribution in [3.63, 3.8) is 0 Å². The van der Waals surface area contributed by atoms with E-state index in [1.165, 1.54) is 6.07 Å². The second-order valence-corrected chi connectivity index (χ2v) is 4.58. The van der Waals surface area contributed by atoms with Gasteiger partial charge in [0.1, 0.15) is 0 Å². The van der Waals surface area contributed by atoms with Crippen molar-refractivity contribution in [3.05, 3.63) is 34.1 Å². The van der Waals surface area contributed by atoms with E-state index in [0.29, 0.717) is 6.54 Å². The van der Waals surface area contributed by atoms with Crippen LogP contribution in [0, 0.1) is 21.8 Å². The van der Waals surface area contributed by atoms with Gasteiger partial charge in [0.2, 0.25) is 5.91 Å². The summed E-state index contributed by atoms with van der Waals surface area (Å²) in [5.74, 6) is -1.14. The highest BCUT2D eigenvalue weighted by Crippen LogP contribution is 2.28. The van der Waals surface area contributed by atoms with Crippen LogP contribution in [0.4, 0.5) is 15.8 Å². The number of hydrogen-bond acceptors (Lipinski definition) is 4. The molecule has 2 unspecified atom stereocenters. The summed E-state index contributed by atoms with van der Waals surface area (Å²) in [6.07, 6.45) is 0.845. The molecule has 0 bridgehead atoms. The van der Waals surface area contributed by atoms with Gasteiger partial charge in [0, 0.05) is 6.07 Å². The zero-order chi connectivity index (χ0) is 14.0. The van der Waals surface area contributed by atoms with E-state index >= 15 is 0 Å². The molecule has 2 N–H and O–H groups in total. The molecule has 1 aliphatic heterocycles. The van der Waals surface area contributed by atoms with E-state index in [2.05, 4.69) is 10.6 Å². The van der Waals surface area contributed by atoms with Gasteiger partial charge in [0.25, 0.3) is 5.69 Å². The second kappa shape index (κ2) is 5.31. The van der Waals surface area contributed by atoms with Crippen LogP contribution in [0.2, 0.25) is 0 Å². The zero-order valence-corrected chi connectivity index (χ0v) is 10.4. The minimum absolute atomic E-state index is 0.117. The number of carbonyl (C=O) groups is 1. The number of hydrogen-bond donors (Lipinski definition) is 2. The predicted octanol–water partition coefficient (Wildman–Crippen LogP) is 1.67. The second-order valence-electron chi connectivity index (χ2n) is 4.58. The molecule has 6 nitrogen and oxygen atoms in total. The first-order valence-electron chi connectivity index (χ1n) is 5.98. The number of anilines is 1. The van der Waals surface area contributed by atoms with Gasteiger partial charge in [-0.15, -0.1) is 0 Å². The summed E-state index contributed by atoms with van der Waals surface area (Å²) in [6, 6.07) is 3.02. The van der Waals surface area contributed by atoms with Crippen molar-refractivity contribution in [1.82, 2.24) is 5.32 Å². The largest absolute Gasteiger partial charge is 0.317 e. The van der Waals surface area contributed by atoms with Crippen molar-refractivity contribution >= 4 is 17.3 Å². The number of halogens is 1. The number of nitro benzene ring substituents is 1. The third-order valence-electron chi connectivity index (χ3n) is 3.25. The van der Waals surface area contributed by atoms with Gasteiger partial charge in [0.05, 0.1) is 11.0 Å². The molecule has 1 amide bonds. The normalized spacial score (nSPS) is 22.2. The van der Waals surface area contributed by atoms with Crippen LogP contribution in [-0.2, 0) is 4.79 Å². The fourth-order valence-corrected chi connectivity index (χ4v) is 2.18. The van der Waals surface area contributed by atoms with Gasteiger partial charge in [-0.25, -0.2) is 4.39 Å². The summed E-state index contributed by atoms with van der Waals surface area (Å²) >= 11 is 0. The molecular weight excluding hydrogens is 253 g/mol. The van der Waals surface area contributed by atoms with Crippen LogP contribution in [0.3, 0.4) is 0 Å². The van der Waals surface area contributed by atoms with Gasteiger partial charge in [-0.05, 0) is 24.9 Å². The Labute approximate surface area is 109 Å². The van der Waals surface area contributed by atoms with Crippen molar-refractivity contribution in [2.45, 2.75) is 19.4 Å². The summed E-state index contributed by atoms with van der Waals surface area (Å²) in [6.45, 7) is 2.61. The Morgan fingerprint density at radius 3 is 2.89 bits per heavy atom. The van der Waals surface area contributed by atoms with Gasteiger partial charge in [-0.2, -0.15) is 0 Å². The SMILES string of the molecule is CC1CCNC1C(=O)Nc1c(F)cccc1[N+](=O)[O-]. The van der Waals surface area contributed by atoms with Gasteiger partial charge < -0.3 is 10.6 Å².